The lowest BCUT2D eigenvalue weighted by atomic mass is 10.1. The predicted octanol–water partition coefficient (Wildman–Crippen LogP) is 1.64. The van der Waals surface area contributed by atoms with E-state index in [-0.39, 0.29) is 0 Å². The lowest BCUT2D eigenvalue weighted by Gasteiger charge is -1.97. The zero-order valence-electron chi connectivity index (χ0n) is 5.96. The van der Waals surface area contributed by atoms with Gasteiger partial charge >= 0.3 is 0 Å². The summed E-state index contributed by atoms with van der Waals surface area (Å²) in [7, 11) is 0. The molecule has 0 aliphatic heterocycles. The number of nitrogens with one attached hydrogen (secondary N) is 1. The van der Waals surface area contributed by atoms with E-state index in [4.69, 9.17) is 5.41 Å². The molecule has 0 saturated carbocycles. The molecule has 2 heteroatoms. The van der Waals surface area contributed by atoms with Crippen LogP contribution in [0.15, 0.2) is 18.3 Å². The summed E-state index contributed by atoms with van der Waals surface area (Å²) in [5.74, 6) is 0. The average molecular weight is 134 g/mol. The Bertz CT molecular complexity index is 230. The van der Waals surface area contributed by atoms with E-state index in [0.717, 1.165) is 17.7 Å². The number of nitrogens with zero attached hydrogens (tertiary/aromatic N) is 1. The number of hydrogen-bond donors (Lipinski definition) is 1. The Hall–Kier alpha value is -1.18. The molecule has 1 rings (SSSR count). The molecule has 0 fully saturated rings. The molecule has 0 atom stereocenters. The molecule has 0 radical (unpaired) electrons. The van der Waals surface area contributed by atoms with E-state index in [0.29, 0.717) is 0 Å². The number of aryl methyl sites for hydroxylation is 1. The van der Waals surface area contributed by atoms with Gasteiger partial charge in [-0.2, -0.15) is 0 Å². The van der Waals surface area contributed by atoms with Crippen molar-refractivity contribution in [3.8, 4) is 0 Å². The standard InChI is InChI=1S/C8H10N2/c1-2-7-4-3-5-10-8(7)6-9/h3-6,9H,2H2,1H3. The molecule has 52 valence electrons. The van der Waals surface area contributed by atoms with Crippen LogP contribution in [0, 0.1) is 5.41 Å². The molecule has 0 amide bonds. The predicted molar refractivity (Wildman–Crippen MR) is 41.5 cm³/mol. The van der Waals surface area contributed by atoms with E-state index in [1.807, 2.05) is 12.1 Å². The normalized spacial score (nSPS) is 9.30. The number of hydrogen-bond acceptors (Lipinski definition) is 2. The first-order valence-corrected chi connectivity index (χ1v) is 3.33. The molecule has 0 aromatic carbocycles. The summed E-state index contributed by atoms with van der Waals surface area (Å²) < 4.78 is 0. The molecule has 1 N–H and O–H groups in total. The Labute approximate surface area is 60.4 Å². The summed E-state index contributed by atoms with van der Waals surface area (Å²) >= 11 is 0. The number of rotatable bonds is 2. The molecule has 0 aliphatic carbocycles. The fourth-order valence-corrected chi connectivity index (χ4v) is 0.880. The first kappa shape index (κ1) is 6.93. The summed E-state index contributed by atoms with van der Waals surface area (Å²) in [5, 5.41) is 7.00. The number of aromatic nitrogens is 1. The summed E-state index contributed by atoms with van der Waals surface area (Å²) in [5.41, 5.74) is 1.92. The largest absolute Gasteiger partial charge is 0.306 e. The lowest BCUT2D eigenvalue weighted by Crippen LogP contribution is -1.92. The Morgan fingerprint density at radius 3 is 3.00 bits per heavy atom. The van der Waals surface area contributed by atoms with Crippen LogP contribution in [0.4, 0.5) is 0 Å². The molecular formula is C8H10N2. The van der Waals surface area contributed by atoms with Crippen molar-refractivity contribution < 1.29 is 0 Å². The summed E-state index contributed by atoms with van der Waals surface area (Å²) in [6.07, 6.45) is 3.94. The molecule has 0 unspecified atom stereocenters. The van der Waals surface area contributed by atoms with Crippen molar-refractivity contribution in [1.82, 2.24) is 4.98 Å². The summed E-state index contributed by atoms with van der Waals surface area (Å²) in [4.78, 5) is 4.02. The van der Waals surface area contributed by atoms with Crippen molar-refractivity contribution >= 4 is 6.21 Å². The minimum atomic E-state index is 0.782. The third-order valence-corrected chi connectivity index (χ3v) is 1.44. The highest BCUT2D eigenvalue weighted by molar-refractivity contribution is 5.76. The first-order chi connectivity index (χ1) is 4.88. The smallest absolute Gasteiger partial charge is 0.0836 e. The minimum Gasteiger partial charge on any atom is -0.306 e. The van der Waals surface area contributed by atoms with E-state index in [9.17, 15) is 0 Å². The van der Waals surface area contributed by atoms with Gasteiger partial charge in [0.1, 0.15) is 0 Å². The van der Waals surface area contributed by atoms with Gasteiger partial charge < -0.3 is 5.41 Å². The highest BCUT2D eigenvalue weighted by Gasteiger charge is 1.94. The van der Waals surface area contributed by atoms with E-state index in [2.05, 4.69) is 11.9 Å². The fourth-order valence-electron chi connectivity index (χ4n) is 0.880. The molecule has 1 aromatic rings. The van der Waals surface area contributed by atoms with Crippen molar-refractivity contribution in [2.75, 3.05) is 0 Å². The first-order valence-electron chi connectivity index (χ1n) is 3.33. The van der Waals surface area contributed by atoms with Gasteiger partial charge in [0, 0.05) is 12.4 Å². The van der Waals surface area contributed by atoms with E-state index < -0.39 is 0 Å². The highest BCUT2D eigenvalue weighted by atomic mass is 14.7. The second kappa shape index (κ2) is 3.11. The highest BCUT2D eigenvalue weighted by Crippen LogP contribution is 2.01. The molecule has 1 aromatic heterocycles. The maximum atomic E-state index is 7.00. The van der Waals surface area contributed by atoms with Gasteiger partial charge in [0.15, 0.2) is 0 Å². The average Bonchev–Trinajstić information content (AvgIpc) is 2.04. The Morgan fingerprint density at radius 2 is 2.50 bits per heavy atom. The van der Waals surface area contributed by atoms with Crippen LogP contribution in [0.2, 0.25) is 0 Å². The summed E-state index contributed by atoms with van der Waals surface area (Å²) in [6.45, 7) is 2.06. The van der Waals surface area contributed by atoms with Crippen LogP contribution in [0.1, 0.15) is 18.2 Å². The van der Waals surface area contributed by atoms with Crippen molar-refractivity contribution in [2.24, 2.45) is 0 Å². The van der Waals surface area contributed by atoms with Crippen LogP contribution in [-0.4, -0.2) is 11.2 Å². The third-order valence-electron chi connectivity index (χ3n) is 1.44. The quantitative estimate of drug-likeness (QED) is 0.613. The molecule has 0 spiro atoms. The van der Waals surface area contributed by atoms with Crippen LogP contribution in [0.5, 0.6) is 0 Å². The SMILES string of the molecule is CCc1cccnc1C=N. The van der Waals surface area contributed by atoms with E-state index in [1.165, 1.54) is 6.21 Å². The molecule has 0 bridgehead atoms. The van der Waals surface area contributed by atoms with Crippen molar-refractivity contribution in [1.29, 1.82) is 5.41 Å². The van der Waals surface area contributed by atoms with Gasteiger partial charge in [-0.15, -0.1) is 0 Å². The van der Waals surface area contributed by atoms with Crippen molar-refractivity contribution in [3.05, 3.63) is 29.6 Å². The molecule has 10 heavy (non-hydrogen) atoms. The third kappa shape index (κ3) is 1.21. The second-order valence-corrected chi connectivity index (χ2v) is 2.05. The van der Waals surface area contributed by atoms with Gasteiger partial charge in [-0.05, 0) is 18.1 Å². The van der Waals surface area contributed by atoms with Gasteiger partial charge in [-0.3, -0.25) is 4.98 Å². The van der Waals surface area contributed by atoms with Gasteiger partial charge in [0.2, 0.25) is 0 Å². The Balaban J connectivity index is 3.08. The van der Waals surface area contributed by atoms with Crippen molar-refractivity contribution in [2.45, 2.75) is 13.3 Å². The van der Waals surface area contributed by atoms with Crippen LogP contribution in [0.25, 0.3) is 0 Å². The molecule has 0 saturated heterocycles. The second-order valence-electron chi connectivity index (χ2n) is 2.05. The van der Waals surface area contributed by atoms with Crippen LogP contribution in [-0.2, 0) is 6.42 Å². The maximum Gasteiger partial charge on any atom is 0.0836 e. The van der Waals surface area contributed by atoms with Gasteiger partial charge in [-0.25, -0.2) is 0 Å². The zero-order chi connectivity index (χ0) is 7.40. The number of pyridine rings is 1. The molecule has 2 nitrogen and oxygen atoms in total. The Morgan fingerprint density at radius 1 is 1.70 bits per heavy atom. The molecule has 1 heterocycles. The summed E-state index contributed by atoms with van der Waals surface area (Å²) in [6, 6.07) is 3.89. The minimum absolute atomic E-state index is 0.782. The van der Waals surface area contributed by atoms with E-state index >= 15 is 0 Å². The van der Waals surface area contributed by atoms with Crippen LogP contribution in [0.3, 0.4) is 0 Å². The molecule has 0 aliphatic rings. The zero-order valence-corrected chi connectivity index (χ0v) is 5.96. The lowest BCUT2D eigenvalue weighted by molar-refractivity contribution is 1.09. The van der Waals surface area contributed by atoms with Gasteiger partial charge in [0.25, 0.3) is 0 Å². The monoisotopic (exact) mass is 134 g/mol. The Kier molecular flexibility index (Phi) is 2.15. The van der Waals surface area contributed by atoms with Gasteiger partial charge in [-0.1, -0.05) is 13.0 Å². The molecular weight excluding hydrogens is 124 g/mol. The maximum absolute atomic E-state index is 7.00. The van der Waals surface area contributed by atoms with Crippen molar-refractivity contribution in [3.63, 3.8) is 0 Å². The topological polar surface area (TPSA) is 36.7 Å². The fraction of sp³-hybridized carbons (Fsp3) is 0.250. The van der Waals surface area contributed by atoms with Crippen LogP contribution < -0.4 is 0 Å². The van der Waals surface area contributed by atoms with Gasteiger partial charge in [0.05, 0.1) is 5.69 Å². The van der Waals surface area contributed by atoms with Crippen LogP contribution >= 0.6 is 0 Å². The van der Waals surface area contributed by atoms with E-state index in [1.54, 1.807) is 6.20 Å².